The van der Waals surface area contributed by atoms with E-state index < -0.39 is 12.8 Å². The van der Waals surface area contributed by atoms with Crippen LogP contribution in [0.4, 0.5) is 4.39 Å². The fourth-order valence-corrected chi connectivity index (χ4v) is 0.431. The van der Waals surface area contributed by atoms with Gasteiger partial charge in [-0.15, -0.1) is 0 Å². The summed E-state index contributed by atoms with van der Waals surface area (Å²) in [6.07, 6.45) is 0.386. The van der Waals surface area contributed by atoms with Crippen LogP contribution in [0, 0.1) is 0 Å². The van der Waals surface area contributed by atoms with Crippen LogP contribution in [0.25, 0.3) is 0 Å². The van der Waals surface area contributed by atoms with E-state index in [9.17, 15) is 4.39 Å². The zero-order valence-corrected chi connectivity index (χ0v) is 4.81. The van der Waals surface area contributed by atoms with E-state index in [4.69, 9.17) is 10.8 Å². The van der Waals surface area contributed by atoms with Crippen molar-refractivity contribution in [3.63, 3.8) is 0 Å². The predicted octanol–water partition coefficient (Wildman–Crippen LogP) is 0.0557. The molecule has 50 valence electrons. The van der Waals surface area contributed by atoms with Crippen LogP contribution >= 0.6 is 0 Å². The standard InChI is InChI=1S/C5H12FNO/c6-4-5(8)2-1-3-7/h5,8H,1-4,7H2. The maximum atomic E-state index is 11.4. The molecule has 0 radical (unpaired) electrons. The van der Waals surface area contributed by atoms with E-state index >= 15 is 0 Å². The number of hydrogen-bond acceptors (Lipinski definition) is 2. The van der Waals surface area contributed by atoms with Crippen LogP contribution in [-0.4, -0.2) is 24.4 Å². The zero-order chi connectivity index (χ0) is 6.41. The quantitative estimate of drug-likeness (QED) is 0.552. The second-order valence-corrected chi connectivity index (χ2v) is 1.74. The van der Waals surface area contributed by atoms with Gasteiger partial charge in [0.1, 0.15) is 6.67 Å². The third-order valence-electron chi connectivity index (χ3n) is 0.920. The van der Waals surface area contributed by atoms with Gasteiger partial charge in [-0.1, -0.05) is 0 Å². The molecule has 0 aliphatic heterocycles. The van der Waals surface area contributed by atoms with Gasteiger partial charge in [0.2, 0.25) is 0 Å². The normalized spacial score (nSPS) is 13.9. The second-order valence-electron chi connectivity index (χ2n) is 1.74. The largest absolute Gasteiger partial charge is 0.390 e. The summed E-state index contributed by atoms with van der Waals surface area (Å²) in [4.78, 5) is 0. The molecule has 3 heteroatoms. The van der Waals surface area contributed by atoms with Gasteiger partial charge >= 0.3 is 0 Å². The maximum Gasteiger partial charge on any atom is 0.115 e. The first-order valence-corrected chi connectivity index (χ1v) is 2.75. The highest BCUT2D eigenvalue weighted by atomic mass is 19.1. The lowest BCUT2D eigenvalue weighted by molar-refractivity contribution is 0.129. The van der Waals surface area contributed by atoms with Crippen LogP contribution in [-0.2, 0) is 0 Å². The van der Waals surface area contributed by atoms with Gasteiger partial charge in [0.15, 0.2) is 0 Å². The highest BCUT2D eigenvalue weighted by Crippen LogP contribution is 1.94. The van der Waals surface area contributed by atoms with Crippen molar-refractivity contribution >= 4 is 0 Å². The number of aliphatic hydroxyl groups is 1. The lowest BCUT2D eigenvalue weighted by Gasteiger charge is -2.01. The lowest BCUT2D eigenvalue weighted by atomic mass is 10.2. The molecule has 0 spiro atoms. The van der Waals surface area contributed by atoms with E-state index in [2.05, 4.69) is 0 Å². The number of alkyl halides is 1. The van der Waals surface area contributed by atoms with Crippen LogP contribution < -0.4 is 5.73 Å². The Balaban J connectivity index is 2.86. The van der Waals surface area contributed by atoms with Crippen LogP contribution in [0.2, 0.25) is 0 Å². The average molecular weight is 121 g/mol. The molecule has 0 fully saturated rings. The molecule has 8 heavy (non-hydrogen) atoms. The third-order valence-corrected chi connectivity index (χ3v) is 0.920. The van der Waals surface area contributed by atoms with Gasteiger partial charge < -0.3 is 10.8 Å². The van der Waals surface area contributed by atoms with Gasteiger partial charge in [-0.3, -0.25) is 0 Å². The minimum atomic E-state index is -0.793. The molecular weight excluding hydrogens is 109 g/mol. The summed E-state index contributed by atoms with van der Waals surface area (Å²) in [5, 5.41) is 8.56. The molecule has 0 aromatic rings. The van der Waals surface area contributed by atoms with Crippen LogP contribution in [0.15, 0.2) is 0 Å². The molecule has 3 N–H and O–H groups in total. The summed E-state index contributed by atoms with van der Waals surface area (Å²) in [6, 6.07) is 0. The van der Waals surface area contributed by atoms with Crippen molar-refractivity contribution in [2.75, 3.05) is 13.2 Å². The minimum Gasteiger partial charge on any atom is -0.390 e. The summed E-state index contributed by atoms with van der Waals surface area (Å²) in [5.41, 5.74) is 5.10. The second kappa shape index (κ2) is 5.00. The molecule has 0 aromatic carbocycles. The van der Waals surface area contributed by atoms with Crippen molar-refractivity contribution in [1.29, 1.82) is 0 Å². The molecule has 2 nitrogen and oxygen atoms in total. The SMILES string of the molecule is NCCCC(O)CF. The molecule has 0 saturated carbocycles. The minimum absolute atomic E-state index is 0.479. The van der Waals surface area contributed by atoms with Crippen molar-refractivity contribution in [2.24, 2.45) is 5.73 Å². The number of halogens is 1. The maximum absolute atomic E-state index is 11.4. The Morgan fingerprint density at radius 1 is 1.62 bits per heavy atom. The van der Waals surface area contributed by atoms with Gasteiger partial charge in [-0.05, 0) is 19.4 Å². The smallest absolute Gasteiger partial charge is 0.115 e. The van der Waals surface area contributed by atoms with Crippen LogP contribution in [0.5, 0.6) is 0 Å². The molecule has 0 aromatic heterocycles. The van der Waals surface area contributed by atoms with Crippen molar-refractivity contribution in [3.05, 3.63) is 0 Å². The van der Waals surface area contributed by atoms with E-state index in [1.54, 1.807) is 0 Å². The summed E-state index contributed by atoms with van der Waals surface area (Å²) < 4.78 is 11.4. The van der Waals surface area contributed by atoms with Gasteiger partial charge in [0.25, 0.3) is 0 Å². The van der Waals surface area contributed by atoms with Crippen LogP contribution in [0.3, 0.4) is 0 Å². The molecule has 0 saturated heterocycles. The lowest BCUT2D eigenvalue weighted by Crippen LogP contribution is -2.11. The predicted molar refractivity (Wildman–Crippen MR) is 30.3 cm³/mol. The Bertz CT molecular complexity index is 51.7. The monoisotopic (exact) mass is 121 g/mol. The molecule has 0 aliphatic rings. The number of nitrogens with two attached hydrogens (primary N) is 1. The van der Waals surface area contributed by atoms with Gasteiger partial charge in [-0.2, -0.15) is 0 Å². The van der Waals surface area contributed by atoms with E-state index in [1.807, 2.05) is 0 Å². The molecule has 1 atom stereocenters. The first-order valence-electron chi connectivity index (χ1n) is 2.75. The van der Waals surface area contributed by atoms with Crippen molar-refractivity contribution in [2.45, 2.75) is 18.9 Å². The Morgan fingerprint density at radius 3 is 2.62 bits per heavy atom. The van der Waals surface area contributed by atoms with Crippen molar-refractivity contribution < 1.29 is 9.50 Å². The molecule has 0 amide bonds. The fourth-order valence-electron chi connectivity index (χ4n) is 0.431. The molecule has 1 unspecified atom stereocenters. The van der Waals surface area contributed by atoms with E-state index in [0.29, 0.717) is 19.4 Å². The highest BCUT2D eigenvalue weighted by Gasteiger charge is 1.99. The summed E-state index contributed by atoms with van der Waals surface area (Å²) >= 11 is 0. The zero-order valence-electron chi connectivity index (χ0n) is 4.81. The van der Waals surface area contributed by atoms with Gasteiger partial charge in [0.05, 0.1) is 6.10 Å². The number of aliphatic hydroxyl groups excluding tert-OH is 1. The van der Waals surface area contributed by atoms with Gasteiger partial charge in [-0.25, -0.2) is 4.39 Å². The van der Waals surface area contributed by atoms with E-state index in [0.717, 1.165) is 0 Å². The number of rotatable bonds is 4. The number of hydrogen-bond donors (Lipinski definition) is 2. The third kappa shape index (κ3) is 4.02. The molecule has 0 aliphatic carbocycles. The first-order chi connectivity index (χ1) is 3.81. The Kier molecular flexibility index (Phi) is 4.90. The molecule has 0 bridgehead atoms. The molecular formula is C5H12FNO. The molecule has 0 heterocycles. The van der Waals surface area contributed by atoms with E-state index in [-0.39, 0.29) is 0 Å². The van der Waals surface area contributed by atoms with E-state index in [1.165, 1.54) is 0 Å². The Hall–Kier alpha value is -0.150. The average Bonchev–Trinajstić information content (AvgIpc) is 1.83. The van der Waals surface area contributed by atoms with Gasteiger partial charge in [0, 0.05) is 0 Å². The fraction of sp³-hybridized carbons (Fsp3) is 1.00. The Labute approximate surface area is 48.5 Å². The Morgan fingerprint density at radius 2 is 2.25 bits per heavy atom. The van der Waals surface area contributed by atoms with Crippen molar-refractivity contribution in [1.82, 2.24) is 0 Å². The molecule has 0 rings (SSSR count). The topological polar surface area (TPSA) is 46.2 Å². The summed E-state index contributed by atoms with van der Waals surface area (Å²) in [6.45, 7) is -0.128. The highest BCUT2D eigenvalue weighted by molar-refractivity contribution is 4.52. The van der Waals surface area contributed by atoms with Crippen LogP contribution in [0.1, 0.15) is 12.8 Å². The van der Waals surface area contributed by atoms with Crippen molar-refractivity contribution in [3.8, 4) is 0 Å². The first kappa shape index (κ1) is 7.85. The summed E-state index contributed by atoms with van der Waals surface area (Å²) in [7, 11) is 0. The summed E-state index contributed by atoms with van der Waals surface area (Å²) in [5.74, 6) is 0.